The van der Waals surface area contributed by atoms with Gasteiger partial charge in [0.1, 0.15) is 0 Å². The first kappa shape index (κ1) is 18.1. The molecule has 1 aromatic rings. The molecule has 122 valence electrons. The molecule has 0 aliphatic carbocycles. The molecule has 2 N–H and O–H groups in total. The van der Waals surface area contributed by atoms with E-state index in [1.807, 2.05) is 38.4 Å². The third kappa shape index (κ3) is 7.73. The van der Waals surface area contributed by atoms with Crippen LogP contribution in [0, 0.1) is 0 Å². The van der Waals surface area contributed by atoms with E-state index >= 15 is 0 Å². The lowest BCUT2D eigenvalue weighted by atomic mass is 10.2. The summed E-state index contributed by atoms with van der Waals surface area (Å²) in [5.41, 5.74) is 1.21. The zero-order chi connectivity index (χ0) is 16.4. The highest BCUT2D eigenvalue weighted by Crippen LogP contribution is 1.94. The number of carbonyl (C=O) groups is 2. The van der Waals surface area contributed by atoms with E-state index in [1.165, 1.54) is 5.56 Å². The molecule has 3 amide bonds. The molecular formula is C16H26N3O3+. The van der Waals surface area contributed by atoms with Gasteiger partial charge in [0.25, 0.3) is 5.91 Å². The van der Waals surface area contributed by atoms with Crippen molar-refractivity contribution in [1.29, 1.82) is 0 Å². The van der Waals surface area contributed by atoms with E-state index in [-0.39, 0.29) is 18.6 Å². The Hall–Kier alpha value is -1.95. The molecule has 0 aromatic carbocycles. The van der Waals surface area contributed by atoms with Crippen LogP contribution in [0.3, 0.4) is 0 Å². The van der Waals surface area contributed by atoms with E-state index < -0.39 is 6.03 Å². The number of ether oxygens (including phenoxy) is 1. The van der Waals surface area contributed by atoms with Crippen molar-refractivity contribution in [1.82, 2.24) is 10.6 Å². The fourth-order valence-corrected chi connectivity index (χ4v) is 1.80. The molecule has 0 spiro atoms. The minimum absolute atomic E-state index is 0.119. The molecule has 1 rings (SSSR count). The normalized spacial score (nSPS) is 10.5. The average Bonchev–Trinajstić information content (AvgIpc) is 2.47. The Bertz CT molecular complexity index is 472. The predicted molar refractivity (Wildman–Crippen MR) is 83.3 cm³/mol. The van der Waals surface area contributed by atoms with Gasteiger partial charge in [-0.2, -0.15) is 4.57 Å². The first-order valence-electron chi connectivity index (χ1n) is 7.68. The summed E-state index contributed by atoms with van der Waals surface area (Å²) >= 11 is 0. The van der Waals surface area contributed by atoms with Crippen molar-refractivity contribution >= 4 is 11.9 Å². The van der Waals surface area contributed by atoms with E-state index in [9.17, 15) is 9.59 Å². The average molecular weight is 308 g/mol. The molecule has 6 heteroatoms. The van der Waals surface area contributed by atoms with Crippen LogP contribution in [0.5, 0.6) is 0 Å². The number of hydrogen-bond donors (Lipinski definition) is 2. The molecule has 0 unspecified atom stereocenters. The van der Waals surface area contributed by atoms with Crippen LogP contribution in [-0.4, -0.2) is 31.2 Å². The first-order valence-corrected chi connectivity index (χ1v) is 7.68. The van der Waals surface area contributed by atoms with Gasteiger partial charge < -0.3 is 10.1 Å². The minimum Gasteiger partial charge on any atom is -0.379 e. The SMILES string of the molecule is CCc1cc[n+](CC(=O)NC(=O)NCCCOC(C)C)cc1. The van der Waals surface area contributed by atoms with Gasteiger partial charge in [-0.25, -0.2) is 4.79 Å². The fraction of sp³-hybridized carbons (Fsp3) is 0.562. The highest BCUT2D eigenvalue weighted by atomic mass is 16.5. The van der Waals surface area contributed by atoms with E-state index in [0.717, 1.165) is 6.42 Å². The second-order valence-corrected chi connectivity index (χ2v) is 5.31. The van der Waals surface area contributed by atoms with Crippen molar-refractivity contribution < 1.29 is 18.9 Å². The van der Waals surface area contributed by atoms with Gasteiger partial charge in [0.15, 0.2) is 12.4 Å². The van der Waals surface area contributed by atoms with Gasteiger partial charge in [-0.05, 0) is 32.3 Å². The summed E-state index contributed by atoms with van der Waals surface area (Å²) in [7, 11) is 0. The molecular weight excluding hydrogens is 282 g/mol. The van der Waals surface area contributed by atoms with Crippen LogP contribution >= 0.6 is 0 Å². The highest BCUT2D eigenvalue weighted by Gasteiger charge is 2.12. The van der Waals surface area contributed by atoms with Gasteiger partial charge in [0, 0.05) is 25.3 Å². The van der Waals surface area contributed by atoms with Crippen LogP contribution in [0.25, 0.3) is 0 Å². The molecule has 6 nitrogen and oxygen atoms in total. The Kier molecular flexibility index (Phi) is 8.14. The lowest BCUT2D eigenvalue weighted by Crippen LogP contribution is -2.47. The Labute approximate surface area is 131 Å². The Morgan fingerprint density at radius 2 is 1.95 bits per heavy atom. The van der Waals surface area contributed by atoms with Crippen LogP contribution in [0.2, 0.25) is 0 Å². The van der Waals surface area contributed by atoms with E-state index in [0.29, 0.717) is 19.6 Å². The third-order valence-electron chi connectivity index (χ3n) is 3.01. The monoisotopic (exact) mass is 308 g/mol. The van der Waals surface area contributed by atoms with Crippen molar-refractivity contribution in [2.45, 2.75) is 46.3 Å². The molecule has 0 radical (unpaired) electrons. The number of aromatic nitrogens is 1. The smallest absolute Gasteiger partial charge is 0.321 e. The zero-order valence-electron chi connectivity index (χ0n) is 13.6. The van der Waals surface area contributed by atoms with Crippen molar-refractivity contribution in [3.05, 3.63) is 30.1 Å². The zero-order valence-corrected chi connectivity index (χ0v) is 13.6. The number of nitrogens with one attached hydrogen (secondary N) is 2. The van der Waals surface area contributed by atoms with Crippen LogP contribution < -0.4 is 15.2 Å². The second-order valence-electron chi connectivity index (χ2n) is 5.31. The summed E-state index contributed by atoms with van der Waals surface area (Å²) in [5, 5.41) is 4.94. The number of nitrogens with zero attached hydrogens (tertiary/aromatic N) is 1. The van der Waals surface area contributed by atoms with Gasteiger partial charge in [0.2, 0.25) is 6.54 Å². The highest BCUT2D eigenvalue weighted by molar-refractivity contribution is 5.93. The summed E-state index contributed by atoms with van der Waals surface area (Å²) in [5.74, 6) is -0.342. The topological polar surface area (TPSA) is 71.3 Å². The molecule has 0 saturated carbocycles. The van der Waals surface area contributed by atoms with Crippen LogP contribution in [0.1, 0.15) is 32.8 Å². The molecule has 0 saturated heterocycles. The molecule has 0 fully saturated rings. The molecule has 0 bridgehead atoms. The van der Waals surface area contributed by atoms with Gasteiger partial charge in [-0.15, -0.1) is 0 Å². The maximum absolute atomic E-state index is 11.7. The van der Waals surface area contributed by atoms with E-state index in [4.69, 9.17) is 4.74 Å². The summed E-state index contributed by atoms with van der Waals surface area (Å²) in [6.07, 6.45) is 5.52. The number of pyridine rings is 1. The third-order valence-corrected chi connectivity index (χ3v) is 3.01. The maximum atomic E-state index is 11.7. The lowest BCUT2D eigenvalue weighted by molar-refractivity contribution is -0.684. The van der Waals surface area contributed by atoms with Crippen molar-refractivity contribution in [2.75, 3.05) is 13.2 Å². The standard InChI is InChI=1S/C16H25N3O3/c1-4-14-6-9-19(10-7-14)12-15(20)18-16(21)17-8-5-11-22-13(2)3/h6-7,9-10,13H,4-5,8,11-12H2,1-3H3,(H-,17,18,20,21)/p+1. The number of hydrogen-bond acceptors (Lipinski definition) is 3. The Balaban J connectivity index is 2.21. The molecule has 1 heterocycles. The van der Waals surface area contributed by atoms with Crippen LogP contribution in [0.4, 0.5) is 4.79 Å². The summed E-state index contributed by atoms with van der Waals surface area (Å²) in [6, 6.07) is 3.45. The second kappa shape index (κ2) is 9.89. The van der Waals surface area contributed by atoms with Gasteiger partial charge in [-0.1, -0.05) is 6.92 Å². The van der Waals surface area contributed by atoms with Crippen molar-refractivity contribution in [3.63, 3.8) is 0 Å². The number of aryl methyl sites for hydroxylation is 1. The Morgan fingerprint density at radius 1 is 1.27 bits per heavy atom. The Morgan fingerprint density at radius 3 is 2.55 bits per heavy atom. The number of carbonyl (C=O) groups excluding carboxylic acids is 2. The number of rotatable bonds is 8. The molecule has 0 aliphatic rings. The number of amides is 3. The number of urea groups is 1. The van der Waals surface area contributed by atoms with Crippen LogP contribution in [-0.2, 0) is 22.5 Å². The van der Waals surface area contributed by atoms with Crippen molar-refractivity contribution in [3.8, 4) is 0 Å². The molecule has 22 heavy (non-hydrogen) atoms. The lowest BCUT2D eigenvalue weighted by Gasteiger charge is -2.08. The maximum Gasteiger partial charge on any atom is 0.321 e. The number of imide groups is 1. The first-order chi connectivity index (χ1) is 10.5. The fourth-order valence-electron chi connectivity index (χ4n) is 1.80. The molecule has 0 aliphatic heterocycles. The largest absolute Gasteiger partial charge is 0.379 e. The molecule has 0 atom stereocenters. The van der Waals surface area contributed by atoms with Crippen LogP contribution in [0.15, 0.2) is 24.5 Å². The van der Waals surface area contributed by atoms with Crippen molar-refractivity contribution in [2.24, 2.45) is 0 Å². The molecule has 1 aromatic heterocycles. The quantitative estimate of drug-likeness (QED) is 0.559. The minimum atomic E-state index is -0.472. The predicted octanol–water partition coefficient (Wildman–Crippen LogP) is 1.18. The van der Waals surface area contributed by atoms with Gasteiger partial charge in [0.05, 0.1) is 6.10 Å². The van der Waals surface area contributed by atoms with Gasteiger partial charge >= 0.3 is 6.03 Å². The summed E-state index contributed by atoms with van der Waals surface area (Å²) in [6.45, 7) is 7.18. The summed E-state index contributed by atoms with van der Waals surface area (Å²) in [4.78, 5) is 23.3. The summed E-state index contributed by atoms with van der Waals surface area (Å²) < 4.78 is 7.09. The van der Waals surface area contributed by atoms with E-state index in [2.05, 4.69) is 17.6 Å². The van der Waals surface area contributed by atoms with Gasteiger partial charge in [-0.3, -0.25) is 10.1 Å². The van der Waals surface area contributed by atoms with E-state index in [1.54, 1.807) is 4.57 Å².